The minimum Gasteiger partial charge on any atom is -0.497 e. The molecule has 2 heterocycles. The van der Waals surface area contributed by atoms with Crippen LogP contribution in [0.1, 0.15) is 23.2 Å². The summed E-state index contributed by atoms with van der Waals surface area (Å²) < 4.78 is 5.16. The molecule has 1 aromatic heterocycles. The minimum atomic E-state index is -0.488. The van der Waals surface area contributed by atoms with Gasteiger partial charge in [-0.25, -0.2) is 4.98 Å². The van der Waals surface area contributed by atoms with Gasteiger partial charge in [-0.1, -0.05) is 0 Å². The summed E-state index contributed by atoms with van der Waals surface area (Å²) in [5, 5.41) is 9.99. The van der Waals surface area contributed by atoms with Gasteiger partial charge in [-0.05, 0) is 56.1 Å². The van der Waals surface area contributed by atoms with Gasteiger partial charge in [0.2, 0.25) is 0 Å². The zero-order valence-electron chi connectivity index (χ0n) is 14.9. The van der Waals surface area contributed by atoms with Gasteiger partial charge in [0.05, 0.1) is 18.4 Å². The van der Waals surface area contributed by atoms with Crippen molar-refractivity contribution in [2.24, 2.45) is 11.7 Å². The summed E-state index contributed by atoms with van der Waals surface area (Å²) in [6.45, 7) is 2.86. The Morgan fingerprint density at radius 3 is 2.85 bits per heavy atom. The van der Waals surface area contributed by atoms with Crippen molar-refractivity contribution in [3.8, 4) is 5.75 Å². The molecular formula is C19H25N5O2. The maximum absolute atomic E-state index is 11.7. The number of amides is 1. The lowest BCUT2D eigenvalue weighted by Gasteiger charge is -2.24. The van der Waals surface area contributed by atoms with E-state index in [1.807, 2.05) is 30.3 Å². The number of methoxy groups -OCH3 is 1. The summed E-state index contributed by atoms with van der Waals surface area (Å²) >= 11 is 0. The molecule has 0 radical (unpaired) electrons. The van der Waals surface area contributed by atoms with Crippen molar-refractivity contribution in [1.29, 1.82) is 0 Å². The quantitative estimate of drug-likeness (QED) is 0.608. The topological polar surface area (TPSA) is 101 Å². The molecule has 0 spiro atoms. The van der Waals surface area contributed by atoms with E-state index in [4.69, 9.17) is 10.5 Å². The molecule has 1 fully saturated rings. The van der Waals surface area contributed by atoms with Gasteiger partial charge in [0.15, 0.2) is 0 Å². The number of nitrogens with zero attached hydrogens (tertiary/aromatic N) is 1. The Morgan fingerprint density at radius 2 is 2.19 bits per heavy atom. The van der Waals surface area contributed by atoms with Crippen molar-refractivity contribution in [3.05, 3.63) is 42.1 Å². The lowest BCUT2D eigenvalue weighted by molar-refractivity contribution is 0.100. The Morgan fingerprint density at radius 1 is 1.38 bits per heavy atom. The van der Waals surface area contributed by atoms with Crippen LogP contribution < -0.4 is 26.4 Å². The van der Waals surface area contributed by atoms with Crippen LogP contribution in [0.4, 0.5) is 17.2 Å². The van der Waals surface area contributed by atoms with Crippen molar-refractivity contribution in [3.63, 3.8) is 0 Å². The molecule has 5 N–H and O–H groups in total. The maximum Gasteiger partial charge on any atom is 0.252 e. The van der Waals surface area contributed by atoms with E-state index in [1.165, 1.54) is 19.0 Å². The fourth-order valence-corrected chi connectivity index (χ4v) is 3.04. The average molecular weight is 355 g/mol. The van der Waals surface area contributed by atoms with E-state index in [2.05, 4.69) is 20.9 Å². The molecule has 1 aromatic carbocycles. The maximum atomic E-state index is 11.7. The SMILES string of the molecule is COc1ccc(Nc2cc(NC[C@H]3CCCNC3)c(C(N)=O)cn2)cc1. The zero-order chi connectivity index (χ0) is 18.4. The van der Waals surface area contributed by atoms with E-state index in [-0.39, 0.29) is 0 Å². The molecule has 0 bridgehead atoms. The van der Waals surface area contributed by atoms with Crippen LogP contribution in [-0.4, -0.2) is 37.6 Å². The molecule has 1 amide bonds. The third-order valence-electron chi connectivity index (χ3n) is 4.51. The molecular weight excluding hydrogens is 330 g/mol. The van der Waals surface area contributed by atoms with Crippen LogP contribution in [-0.2, 0) is 0 Å². The second kappa shape index (κ2) is 8.53. The minimum absolute atomic E-state index is 0.397. The normalized spacial score (nSPS) is 16.7. The number of hydrogen-bond acceptors (Lipinski definition) is 6. The summed E-state index contributed by atoms with van der Waals surface area (Å²) in [6.07, 6.45) is 3.86. The number of hydrogen-bond donors (Lipinski definition) is 4. The highest BCUT2D eigenvalue weighted by molar-refractivity contribution is 5.98. The van der Waals surface area contributed by atoms with Crippen molar-refractivity contribution in [2.75, 3.05) is 37.4 Å². The van der Waals surface area contributed by atoms with Crippen molar-refractivity contribution >= 4 is 23.1 Å². The highest BCUT2D eigenvalue weighted by Crippen LogP contribution is 2.23. The van der Waals surface area contributed by atoms with Gasteiger partial charge in [0, 0.05) is 24.5 Å². The van der Waals surface area contributed by atoms with Crippen LogP contribution in [0.2, 0.25) is 0 Å². The van der Waals surface area contributed by atoms with Gasteiger partial charge in [-0.2, -0.15) is 0 Å². The highest BCUT2D eigenvalue weighted by atomic mass is 16.5. The van der Waals surface area contributed by atoms with Crippen LogP contribution in [0.3, 0.4) is 0 Å². The monoisotopic (exact) mass is 355 g/mol. The number of piperidine rings is 1. The molecule has 26 heavy (non-hydrogen) atoms. The first-order valence-electron chi connectivity index (χ1n) is 8.81. The number of ether oxygens (including phenoxy) is 1. The smallest absolute Gasteiger partial charge is 0.252 e. The number of aromatic nitrogens is 1. The van der Waals surface area contributed by atoms with Crippen LogP contribution in [0.15, 0.2) is 36.5 Å². The lowest BCUT2D eigenvalue weighted by Crippen LogP contribution is -2.33. The molecule has 3 rings (SSSR count). The number of rotatable bonds is 7. The number of carbonyl (C=O) groups is 1. The van der Waals surface area contributed by atoms with E-state index < -0.39 is 5.91 Å². The number of pyridine rings is 1. The van der Waals surface area contributed by atoms with E-state index in [0.717, 1.165) is 31.1 Å². The van der Waals surface area contributed by atoms with Gasteiger partial charge in [-0.3, -0.25) is 4.79 Å². The Balaban J connectivity index is 1.72. The van der Waals surface area contributed by atoms with Gasteiger partial charge in [0.1, 0.15) is 11.6 Å². The molecule has 2 aromatic rings. The molecule has 1 saturated heterocycles. The number of anilines is 3. The van der Waals surface area contributed by atoms with Crippen molar-refractivity contribution in [1.82, 2.24) is 10.3 Å². The number of nitrogens with two attached hydrogens (primary N) is 1. The standard InChI is InChI=1S/C19H25N5O2/c1-26-15-6-4-14(5-7-15)24-18-9-17(16(12-23-18)19(20)25)22-11-13-3-2-8-21-10-13/h4-7,9,12-13,21H,2-3,8,10-11H2,1H3,(H2,20,25)(H2,22,23,24)/t13-/m0/s1. The lowest BCUT2D eigenvalue weighted by atomic mass is 9.99. The van der Waals surface area contributed by atoms with E-state index in [0.29, 0.717) is 23.0 Å². The van der Waals surface area contributed by atoms with E-state index in [9.17, 15) is 4.79 Å². The molecule has 7 heteroatoms. The van der Waals surface area contributed by atoms with Crippen molar-refractivity contribution < 1.29 is 9.53 Å². The van der Waals surface area contributed by atoms with Crippen LogP contribution in [0, 0.1) is 5.92 Å². The predicted octanol–water partition coefficient (Wildman–Crippen LogP) is 2.34. The second-order valence-electron chi connectivity index (χ2n) is 6.43. The highest BCUT2D eigenvalue weighted by Gasteiger charge is 2.15. The Kier molecular flexibility index (Phi) is 5.91. The average Bonchev–Trinajstić information content (AvgIpc) is 2.68. The fourth-order valence-electron chi connectivity index (χ4n) is 3.04. The second-order valence-corrected chi connectivity index (χ2v) is 6.43. The number of benzene rings is 1. The van der Waals surface area contributed by atoms with Gasteiger partial charge in [-0.15, -0.1) is 0 Å². The van der Waals surface area contributed by atoms with Crippen LogP contribution in [0.5, 0.6) is 5.75 Å². The first-order chi connectivity index (χ1) is 12.7. The first-order valence-corrected chi connectivity index (χ1v) is 8.81. The van der Waals surface area contributed by atoms with E-state index in [1.54, 1.807) is 7.11 Å². The zero-order valence-corrected chi connectivity index (χ0v) is 14.9. The van der Waals surface area contributed by atoms with Crippen molar-refractivity contribution in [2.45, 2.75) is 12.8 Å². The molecule has 1 atom stereocenters. The number of nitrogens with one attached hydrogen (secondary N) is 3. The van der Waals surface area contributed by atoms with Gasteiger partial charge in [0.25, 0.3) is 5.91 Å². The molecule has 1 aliphatic rings. The van der Waals surface area contributed by atoms with E-state index >= 15 is 0 Å². The summed E-state index contributed by atoms with van der Waals surface area (Å²) in [7, 11) is 1.63. The molecule has 138 valence electrons. The third-order valence-corrected chi connectivity index (χ3v) is 4.51. The van der Waals surface area contributed by atoms with Gasteiger partial charge < -0.3 is 26.4 Å². The third kappa shape index (κ3) is 4.64. The summed E-state index contributed by atoms with van der Waals surface area (Å²) in [6, 6.07) is 9.37. The molecule has 1 aliphatic heterocycles. The Labute approximate surface area is 153 Å². The largest absolute Gasteiger partial charge is 0.497 e. The van der Waals surface area contributed by atoms with Gasteiger partial charge >= 0.3 is 0 Å². The summed E-state index contributed by atoms with van der Waals surface area (Å²) in [5.74, 6) is 1.48. The van der Waals surface area contributed by atoms with Crippen LogP contribution >= 0.6 is 0 Å². The Bertz CT molecular complexity index is 742. The fraction of sp³-hybridized carbons (Fsp3) is 0.368. The summed E-state index contributed by atoms with van der Waals surface area (Å²) in [4.78, 5) is 16.0. The molecule has 0 saturated carbocycles. The van der Waals surface area contributed by atoms with Crippen LogP contribution in [0.25, 0.3) is 0 Å². The molecule has 0 aliphatic carbocycles. The first kappa shape index (κ1) is 18.0. The molecule has 7 nitrogen and oxygen atoms in total. The number of primary amides is 1. The number of carbonyl (C=O) groups excluding carboxylic acids is 1. The Hall–Kier alpha value is -2.80. The molecule has 0 unspecified atom stereocenters. The predicted molar refractivity (Wildman–Crippen MR) is 103 cm³/mol. The summed E-state index contributed by atoms with van der Waals surface area (Å²) in [5.41, 5.74) is 7.47.